The standard InChI is InChI=1S/C17H15ClO3/c1-20-14-8-9-15(17(11-14)21-2)16(19)10-5-12-3-6-13(18)7-4-12/h3-11H,1-2H3/b10-5-. The summed E-state index contributed by atoms with van der Waals surface area (Å²) in [5, 5.41) is 0.662. The van der Waals surface area contributed by atoms with Gasteiger partial charge in [-0.15, -0.1) is 0 Å². The van der Waals surface area contributed by atoms with E-state index in [-0.39, 0.29) is 5.78 Å². The van der Waals surface area contributed by atoms with Gasteiger partial charge in [0.05, 0.1) is 19.8 Å². The fourth-order valence-electron chi connectivity index (χ4n) is 1.84. The molecule has 0 aliphatic heterocycles. The van der Waals surface area contributed by atoms with Crippen LogP contribution in [0.4, 0.5) is 0 Å². The molecular formula is C17H15ClO3. The maximum Gasteiger partial charge on any atom is 0.189 e. The number of ether oxygens (including phenoxy) is 2. The van der Waals surface area contributed by atoms with Gasteiger partial charge in [-0.1, -0.05) is 29.8 Å². The van der Waals surface area contributed by atoms with E-state index in [1.807, 2.05) is 12.1 Å². The van der Waals surface area contributed by atoms with Gasteiger partial charge in [-0.25, -0.2) is 0 Å². The molecule has 0 radical (unpaired) electrons. The highest BCUT2D eigenvalue weighted by Gasteiger charge is 2.10. The molecule has 0 bridgehead atoms. The molecule has 0 aliphatic rings. The topological polar surface area (TPSA) is 35.5 Å². The van der Waals surface area contributed by atoms with Gasteiger partial charge in [-0.2, -0.15) is 0 Å². The number of methoxy groups -OCH3 is 2. The molecule has 108 valence electrons. The van der Waals surface area contributed by atoms with Crippen LogP contribution in [-0.4, -0.2) is 20.0 Å². The number of rotatable bonds is 5. The molecule has 4 heteroatoms. The van der Waals surface area contributed by atoms with Gasteiger partial charge in [0.1, 0.15) is 11.5 Å². The average Bonchev–Trinajstić information content (AvgIpc) is 2.53. The first-order valence-electron chi connectivity index (χ1n) is 6.34. The molecule has 0 spiro atoms. The summed E-state index contributed by atoms with van der Waals surface area (Å²) < 4.78 is 10.3. The van der Waals surface area contributed by atoms with Crippen LogP contribution in [-0.2, 0) is 0 Å². The minimum absolute atomic E-state index is 0.135. The van der Waals surface area contributed by atoms with Crippen LogP contribution in [0.15, 0.2) is 48.5 Å². The number of allylic oxidation sites excluding steroid dienone is 1. The van der Waals surface area contributed by atoms with Crippen LogP contribution in [0.25, 0.3) is 6.08 Å². The Labute approximate surface area is 128 Å². The molecule has 21 heavy (non-hydrogen) atoms. The molecule has 3 nitrogen and oxygen atoms in total. The zero-order valence-electron chi connectivity index (χ0n) is 11.8. The average molecular weight is 303 g/mol. The van der Waals surface area contributed by atoms with Crippen LogP contribution in [0.1, 0.15) is 15.9 Å². The first-order chi connectivity index (χ1) is 10.1. The van der Waals surface area contributed by atoms with Gasteiger partial charge < -0.3 is 9.47 Å². The molecule has 0 amide bonds. The van der Waals surface area contributed by atoms with Crippen molar-refractivity contribution in [3.05, 3.63) is 64.7 Å². The maximum absolute atomic E-state index is 12.2. The molecule has 0 unspecified atom stereocenters. The van der Waals surface area contributed by atoms with E-state index in [1.165, 1.54) is 13.2 Å². The zero-order valence-corrected chi connectivity index (χ0v) is 12.6. The molecule has 0 saturated heterocycles. The van der Waals surface area contributed by atoms with Crippen LogP contribution in [0, 0.1) is 0 Å². The van der Waals surface area contributed by atoms with Gasteiger partial charge in [0.15, 0.2) is 5.78 Å². The van der Waals surface area contributed by atoms with E-state index in [9.17, 15) is 4.79 Å². The van der Waals surface area contributed by atoms with Crippen LogP contribution in [0.5, 0.6) is 11.5 Å². The fourth-order valence-corrected chi connectivity index (χ4v) is 1.96. The van der Waals surface area contributed by atoms with Gasteiger partial charge >= 0.3 is 0 Å². The monoisotopic (exact) mass is 302 g/mol. The van der Waals surface area contributed by atoms with Gasteiger partial charge in [0.2, 0.25) is 0 Å². The fraction of sp³-hybridized carbons (Fsp3) is 0.118. The number of hydrogen-bond donors (Lipinski definition) is 0. The Morgan fingerprint density at radius 1 is 1.05 bits per heavy atom. The first kappa shape index (κ1) is 15.1. The third-order valence-electron chi connectivity index (χ3n) is 2.97. The summed E-state index contributed by atoms with van der Waals surface area (Å²) in [7, 11) is 3.09. The summed E-state index contributed by atoms with van der Waals surface area (Å²) in [5.41, 5.74) is 1.39. The van der Waals surface area contributed by atoms with Crippen molar-refractivity contribution in [2.75, 3.05) is 14.2 Å². The predicted molar refractivity (Wildman–Crippen MR) is 84.4 cm³/mol. The lowest BCUT2D eigenvalue weighted by atomic mass is 10.1. The van der Waals surface area contributed by atoms with Crippen molar-refractivity contribution in [3.8, 4) is 11.5 Å². The normalized spacial score (nSPS) is 10.6. The molecule has 0 atom stereocenters. The Morgan fingerprint density at radius 2 is 1.76 bits per heavy atom. The molecule has 2 aromatic rings. The van der Waals surface area contributed by atoms with Gasteiger partial charge in [-0.3, -0.25) is 4.79 Å². The predicted octanol–water partition coefficient (Wildman–Crippen LogP) is 4.25. The third-order valence-corrected chi connectivity index (χ3v) is 3.22. The zero-order chi connectivity index (χ0) is 15.2. The van der Waals surface area contributed by atoms with Crippen molar-refractivity contribution in [2.24, 2.45) is 0 Å². The summed E-state index contributed by atoms with van der Waals surface area (Å²) >= 11 is 5.82. The van der Waals surface area contributed by atoms with Crippen molar-refractivity contribution in [3.63, 3.8) is 0 Å². The smallest absolute Gasteiger partial charge is 0.189 e. The van der Waals surface area contributed by atoms with Crippen LogP contribution in [0.2, 0.25) is 5.02 Å². The molecule has 0 heterocycles. The quantitative estimate of drug-likeness (QED) is 0.612. The highest BCUT2D eigenvalue weighted by molar-refractivity contribution is 6.30. The summed E-state index contributed by atoms with van der Waals surface area (Å²) in [6.45, 7) is 0. The Balaban J connectivity index is 2.22. The lowest BCUT2D eigenvalue weighted by Gasteiger charge is -2.07. The highest BCUT2D eigenvalue weighted by atomic mass is 35.5. The highest BCUT2D eigenvalue weighted by Crippen LogP contribution is 2.25. The minimum Gasteiger partial charge on any atom is -0.497 e. The SMILES string of the molecule is COc1ccc(C(=O)/C=C\c2ccc(Cl)cc2)c(OC)c1. The maximum atomic E-state index is 12.2. The van der Waals surface area contributed by atoms with Crippen LogP contribution >= 0.6 is 11.6 Å². The number of carbonyl (C=O) groups is 1. The number of ketones is 1. The van der Waals surface area contributed by atoms with E-state index in [1.54, 1.807) is 43.5 Å². The molecular weight excluding hydrogens is 288 g/mol. The Bertz CT molecular complexity index is 660. The van der Waals surface area contributed by atoms with Gasteiger partial charge in [0, 0.05) is 11.1 Å². The van der Waals surface area contributed by atoms with Crippen molar-refractivity contribution < 1.29 is 14.3 Å². The van der Waals surface area contributed by atoms with Crippen molar-refractivity contribution in [1.82, 2.24) is 0 Å². The molecule has 2 aromatic carbocycles. The number of benzene rings is 2. The van der Waals surface area contributed by atoms with Crippen molar-refractivity contribution >= 4 is 23.5 Å². The lowest BCUT2D eigenvalue weighted by Crippen LogP contribution is -1.99. The molecule has 0 N–H and O–H groups in total. The molecule has 0 aliphatic carbocycles. The summed E-state index contributed by atoms with van der Waals surface area (Å²) in [4.78, 5) is 12.2. The van der Waals surface area contributed by atoms with Gasteiger partial charge in [-0.05, 0) is 35.9 Å². The first-order valence-corrected chi connectivity index (χ1v) is 6.72. The second kappa shape index (κ2) is 6.95. The number of carbonyl (C=O) groups excluding carboxylic acids is 1. The lowest BCUT2D eigenvalue weighted by molar-refractivity contribution is 0.104. The van der Waals surface area contributed by atoms with E-state index in [2.05, 4.69) is 0 Å². The number of hydrogen-bond acceptors (Lipinski definition) is 3. The van der Waals surface area contributed by atoms with Crippen LogP contribution < -0.4 is 9.47 Å². The Kier molecular flexibility index (Phi) is 5.01. The summed E-state index contributed by atoms with van der Waals surface area (Å²) in [5.74, 6) is 0.995. The second-order valence-electron chi connectivity index (χ2n) is 4.32. The minimum atomic E-state index is -0.135. The van der Waals surface area contributed by atoms with E-state index in [4.69, 9.17) is 21.1 Å². The Hall–Kier alpha value is -2.26. The molecule has 2 rings (SSSR count). The van der Waals surface area contributed by atoms with E-state index in [0.717, 1.165) is 5.56 Å². The second-order valence-corrected chi connectivity index (χ2v) is 4.75. The number of halogens is 1. The Morgan fingerprint density at radius 3 is 2.38 bits per heavy atom. The van der Waals surface area contributed by atoms with Gasteiger partial charge in [0.25, 0.3) is 0 Å². The summed E-state index contributed by atoms with van der Waals surface area (Å²) in [6.07, 6.45) is 3.25. The van der Waals surface area contributed by atoms with Crippen molar-refractivity contribution in [2.45, 2.75) is 0 Å². The summed E-state index contributed by atoms with van der Waals surface area (Å²) in [6, 6.07) is 12.3. The largest absolute Gasteiger partial charge is 0.497 e. The van der Waals surface area contributed by atoms with E-state index in [0.29, 0.717) is 22.1 Å². The molecule has 0 fully saturated rings. The molecule has 0 aromatic heterocycles. The van der Waals surface area contributed by atoms with E-state index < -0.39 is 0 Å². The van der Waals surface area contributed by atoms with E-state index >= 15 is 0 Å². The third kappa shape index (κ3) is 3.86. The molecule has 0 saturated carbocycles. The van der Waals surface area contributed by atoms with Crippen LogP contribution in [0.3, 0.4) is 0 Å². The van der Waals surface area contributed by atoms with Crippen molar-refractivity contribution in [1.29, 1.82) is 0 Å².